The summed E-state index contributed by atoms with van der Waals surface area (Å²) in [4.78, 5) is 14.4. The second-order valence-corrected chi connectivity index (χ2v) is 3.30. The monoisotopic (exact) mass is 224 g/mol. The number of pyridine rings is 1. The third-order valence-electron chi connectivity index (χ3n) is 1.64. The number of carbonyl (C=O) groups is 1. The van der Waals surface area contributed by atoms with Crippen molar-refractivity contribution in [2.24, 2.45) is 0 Å². The number of imidazole rings is 1. The van der Waals surface area contributed by atoms with Gasteiger partial charge in [-0.2, -0.15) is 0 Å². The number of rotatable bonds is 1. The van der Waals surface area contributed by atoms with Crippen molar-refractivity contribution < 1.29 is 4.79 Å². The molecule has 2 aromatic rings. The Morgan fingerprint density at radius 1 is 1.50 bits per heavy atom. The van der Waals surface area contributed by atoms with Crippen LogP contribution in [-0.2, 0) is 0 Å². The molecule has 0 saturated carbocycles. The van der Waals surface area contributed by atoms with E-state index < -0.39 is 0 Å². The van der Waals surface area contributed by atoms with Crippen molar-refractivity contribution in [1.82, 2.24) is 9.38 Å². The van der Waals surface area contributed by atoms with Gasteiger partial charge >= 0.3 is 0 Å². The third kappa shape index (κ3) is 1.04. The highest BCUT2D eigenvalue weighted by atomic mass is 79.9. The molecule has 0 radical (unpaired) electrons. The Balaban J connectivity index is 2.81. The number of aromatic nitrogens is 2. The Hall–Kier alpha value is -1.16. The average Bonchev–Trinajstić information content (AvgIpc) is 2.46. The van der Waals surface area contributed by atoms with E-state index in [0.717, 1.165) is 16.3 Å². The highest BCUT2D eigenvalue weighted by Gasteiger charge is 2.01. The van der Waals surface area contributed by atoms with Gasteiger partial charge < -0.3 is 4.40 Å². The molecule has 3 nitrogen and oxygen atoms in total. The minimum absolute atomic E-state index is 0.475. The molecule has 0 aliphatic rings. The van der Waals surface area contributed by atoms with Crippen LogP contribution in [0.1, 0.15) is 10.5 Å². The highest BCUT2D eigenvalue weighted by Crippen LogP contribution is 2.13. The minimum atomic E-state index is 0.475. The SMILES string of the molecule is O=Cc1ncn2cc(Br)ccc12. The highest BCUT2D eigenvalue weighted by molar-refractivity contribution is 9.10. The van der Waals surface area contributed by atoms with Gasteiger partial charge in [-0.15, -0.1) is 0 Å². The largest absolute Gasteiger partial charge is 0.304 e. The first-order valence-electron chi connectivity index (χ1n) is 3.38. The van der Waals surface area contributed by atoms with Crippen LogP contribution in [-0.4, -0.2) is 15.7 Å². The van der Waals surface area contributed by atoms with E-state index in [1.54, 1.807) is 10.7 Å². The maximum absolute atomic E-state index is 10.5. The molecule has 0 aliphatic carbocycles. The number of nitrogens with zero attached hydrogens (tertiary/aromatic N) is 2. The molecule has 0 unspecified atom stereocenters. The van der Waals surface area contributed by atoms with E-state index in [-0.39, 0.29) is 0 Å². The van der Waals surface area contributed by atoms with Crippen molar-refractivity contribution in [3.05, 3.63) is 34.8 Å². The predicted octanol–water partition coefficient (Wildman–Crippen LogP) is 1.91. The lowest BCUT2D eigenvalue weighted by atomic mass is 10.3. The molecule has 0 bridgehead atoms. The number of aldehydes is 1. The molecular weight excluding hydrogens is 220 g/mol. The summed E-state index contributed by atoms with van der Waals surface area (Å²) in [6, 6.07) is 3.73. The van der Waals surface area contributed by atoms with Crippen LogP contribution >= 0.6 is 15.9 Å². The molecule has 12 heavy (non-hydrogen) atoms. The maximum Gasteiger partial charge on any atom is 0.170 e. The summed E-state index contributed by atoms with van der Waals surface area (Å²) < 4.78 is 2.76. The molecule has 0 aliphatic heterocycles. The zero-order valence-corrected chi connectivity index (χ0v) is 7.65. The van der Waals surface area contributed by atoms with Gasteiger partial charge in [0.15, 0.2) is 6.29 Å². The van der Waals surface area contributed by atoms with Gasteiger partial charge in [0.2, 0.25) is 0 Å². The van der Waals surface area contributed by atoms with E-state index in [4.69, 9.17) is 0 Å². The van der Waals surface area contributed by atoms with Gasteiger partial charge in [-0.05, 0) is 28.1 Å². The van der Waals surface area contributed by atoms with Gasteiger partial charge in [0.1, 0.15) is 12.0 Å². The smallest absolute Gasteiger partial charge is 0.170 e. The van der Waals surface area contributed by atoms with Crippen molar-refractivity contribution in [1.29, 1.82) is 0 Å². The van der Waals surface area contributed by atoms with E-state index in [1.165, 1.54) is 0 Å². The molecule has 0 N–H and O–H groups in total. The minimum Gasteiger partial charge on any atom is -0.304 e. The molecule has 0 fully saturated rings. The molecule has 4 heteroatoms. The quantitative estimate of drug-likeness (QED) is 0.694. The van der Waals surface area contributed by atoms with Crippen molar-refractivity contribution in [2.75, 3.05) is 0 Å². The number of fused-ring (bicyclic) bond motifs is 1. The molecule has 60 valence electrons. The zero-order valence-electron chi connectivity index (χ0n) is 6.07. The van der Waals surface area contributed by atoms with E-state index in [2.05, 4.69) is 20.9 Å². The van der Waals surface area contributed by atoms with Crippen LogP contribution in [0.4, 0.5) is 0 Å². The second kappa shape index (κ2) is 2.71. The first kappa shape index (κ1) is 7.49. The Bertz CT molecular complexity index is 436. The van der Waals surface area contributed by atoms with Crippen molar-refractivity contribution in [3.8, 4) is 0 Å². The van der Waals surface area contributed by atoms with Crippen LogP contribution in [0, 0.1) is 0 Å². The second-order valence-electron chi connectivity index (χ2n) is 2.39. The number of carbonyl (C=O) groups excluding carboxylic acids is 1. The van der Waals surface area contributed by atoms with Crippen LogP contribution in [0.3, 0.4) is 0 Å². The summed E-state index contributed by atoms with van der Waals surface area (Å²) in [6.07, 6.45) is 4.22. The van der Waals surface area contributed by atoms with E-state index in [1.807, 2.05) is 18.3 Å². The third-order valence-corrected chi connectivity index (χ3v) is 2.11. The Morgan fingerprint density at radius 2 is 2.33 bits per heavy atom. The van der Waals surface area contributed by atoms with E-state index >= 15 is 0 Å². The summed E-state index contributed by atoms with van der Waals surface area (Å²) in [5, 5.41) is 0. The first-order valence-corrected chi connectivity index (χ1v) is 4.18. The fourth-order valence-corrected chi connectivity index (χ4v) is 1.44. The van der Waals surface area contributed by atoms with Crippen LogP contribution in [0.5, 0.6) is 0 Å². The predicted molar refractivity (Wildman–Crippen MR) is 48.3 cm³/mol. The number of hydrogen-bond acceptors (Lipinski definition) is 2. The van der Waals surface area contributed by atoms with E-state index in [0.29, 0.717) is 5.69 Å². The Kier molecular flexibility index (Phi) is 1.69. The van der Waals surface area contributed by atoms with Crippen LogP contribution < -0.4 is 0 Å². The lowest BCUT2D eigenvalue weighted by Gasteiger charge is -1.93. The molecule has 0 amide bonds. The summed E-state index contributed by atoms with van der Waals surface area (Å²) in [5.41, 5.74) is 1.30. The summed E-state index contributed by atoms with van der Waals surface area (Å²) in [7, 11) is 0. The topological polar surface area (TPSA) is 34.4 Å². The van der Waals surface area contributed by atoms with Crippen LogP contribution in [0.15, 0.2) is 29.1 Å². The van der Waals surface area contributed by atoms with Gasteiger partial charge in [0.25, 0.3) is 0 Å². The van der Waals surface area contributed by atoms with Gasteiger partial charge in [-0.3, -0.25) is 4.79 Å². The van der Waals surface area contributed by atoms with Gasteiger partial charge in [-0.25, -0.2) is 4.98 Å². The molecular formula is C8H5BrN2O. The van der Waals surface area contributed by atoms with Gasteiger partial charge in [-0.1, -0.05) is 0 Å². The van der Waals surface area contributed by atoms with Gasteiger partial charge in [0.05, 0.1) is 5.52 Å². The molecule has 2 heterocycles. The number of halogens is 1. The van der Waals surface area contributed by atoms with Crippen molar-refractivity contribution in [3.63, 3.8) is 0 Å². The lowest BCUT2D eigenvalue weighted by Crippen LogP contribution is -1.83. The summed E-state index contributed by atoms with van der Waals surface area (Å²) >= 11 is 3.33. The molecule has 0 spiro atoms. The van der Waals surface area contributed by atoms with Crippen molar-refractivity contribution in [2.45, 2.75) is 0 Å². The average molecular weight is 225 g/mol. The normalized spacial score (nSPS) is 10.4. The molecule has 2 aromatic heterocycles. The Morgan fingerprint density at radius 3 is 3.08 bits per heavy atom. The van der Waals surface area contributed by atoms with Crippen molar-refractivity contribution >= 4 is 27.7 Å². The lowest BCUT2D eigenvalue weighted by molar-refractivity contribution is 0.112. The molecule has 0 atom stereocenters. The molecule has 2 rings (SSSR count). The fourth-order valence-electron chi connectivity index (χ4n) is 1.08. The standard InChI is InChI=1S/C8H5BrN2O/c9-6-1-2-8-7(4-12)10-5-11(8)3-6/h1-5H. The van der Waals surface area contributed by atoms with Gasteiger partial charge in [0, 0.05) is 10.7 Å². The number of hydrogen-bond donors (Lipinski definition) is 0. The maximum atomic E-state index is 10.5. The summed E-state index contributed by atoms with van der Waals surface area (Å²) in [6.45, 7) is 0. The van der Waals surface area contributed by atoms with Crippen LogP contribution in [0.25, 0.3) is 5.52 Å². The molecule has 0 aromatic carbocycles. The Labute approximate surface area is 77.2 Å². The fraction of sp³-hybridized carbons (Fsp3) is 0. The van der Waals surface area contributed by atoms with Crippen LogP contribution in [0.2, 0.25) is 0 Å². The molecule has 0 saturated heterocycles. The summed E-state index contributed by atoms with van der Waals surface area (Å²) in [5.74, 6) is 0. The van der Waals surface area contributed by atoms with E-state index in [9.17, 15) is 4.79 Å². The first-order chi connectivity index (χ1) is 5.81. The zero-order chi connectivity index (χ0) is 8.55.